The quantitative estimate of drug-likeness (QED) is 0.899. The normalized spacial score (nSPS) is 35.0. The highest BCUT2D eigenvalue weighted by Crippen LogP contribution is 2.77. The standard InChI is InChI=1S/C11H16FN3OS/c1-9(2,12)11-3-10(4-11,5-11)6-16-8-15-14-7(13)17-8/h3-6H2,1-2H3,(H2,13,14). The minimum atomic E-state index is -1.07. The van der Waals surface area contributed by atoms with Crippen LogP contribution in [0.3, 0.4) is 0 Å². The second-order valence-electron chi connectivity index (χ2n) is 5.98. The second-order valence-corrected chi connectivity index (χ2v) is 6.95. The summed E-state index contributed by atoms with van der Waals surface area (Å²) in [6.07, 6.45) is 2.79. The summed E-state index contributed by atoms with van der Waals surface area (Å²) in [5.74, 6) is 0. The minimum Gasteiger partial charge on any atom is -0.468 e. The van der Waals surface area contributed by atoms with E-state index in [0.717, 1.165) is 19.3 Å². The van der Waals surface area contributed by atoms with Crippen molar-refractivity contribution in [3.8, 4) is 5.19 Å². The smallest absolute Gasteiger partial charge is 0.295 e. The Morgan fingerprint density at radius 2 is 2.06 bits per heavy atom. The summed E-state index contributed by atoms with van der Waals surface area (Å²) in [4.78, 5) is 0. The molecule has 4 rings (SSSR count). The SMILES string of the molecule is CC(C)(F)C12CC(COc3nnc(N)s3)(C1)C2. The van der Waals surface area contributed by atoms with Gasteiger partial charge in [-0.2, -0.15) is 0 Å². The lowest BCUT2D eigenvalue weighted by atomic mass is 9.32. The molecule has 0 atom stereocenters. The highest BCUT2D eigenvalue weighted by molar-refractivity contribution is 7.16. The van der Waals surface area contributed by atoms with Gasteiger partial charge in [-0.15, -0.1) is 5.10 Å². The number of hydrogen-bond donors (Lipinski definition) is 1. The molecule has 17 heavy (non-hydrogen) atoms. The van der Waals surface area contributed by atoms with Crippen molar-refractivity contribution >= 4 is 16.5 Å². The van der Waals surface area contributed by atoms with Crippen molar-refractivity contribution in [1.29, 1.82) is 0 Å². The van der Waals surface area contributed by atoms with Gasteiger partial charge in [0.05, 0.1) is 6.61 Å². The molecule has 1 aromatic rings. The number of alkyl halides is 1. The van der Waals surface area contributed by atoms with Gasteiger partial charge >= 0.3 is 0 Å². The predicted molar refractivity (Wildman–Crippen MR) is 63.7 cm³/mol. The van der Waals surface area contributed by atoms with Gasteiger partial charge in [-0.05, 0) is 44.4 Å². The average Bonchev–Trinajstić information content (AvgIpc) is 2.43. The van der Waals surface area contributed by atoms with Crippen molar-refractivity contribution < 1.29 is 9.13 Å². The van der Waals surface area contributed by atoms with Crippen molar-refractivity contribution in [3.63, 3.8) is 0 Å². The first kappa shape index (κ1) is 11.2. The Labute approximate surface area is 103 Å². The lowest BCUT2D eigenvalue weighted by molar-refractivity contribution is -0.275. The van der Waals surface area contributed by atoms with E-state index in [4.69, 9.17) is 10.5 Å². The minimum absolute atomic E-state index is 0.0868. The molecule has 2 N–H and O–H groups in total. The van der Waals surface area contributed by atoms with Gasteiger partial charge in [0.25, 0.3) is 5.19 Å². The number of nitrogen functional groups attached to an aromatic ring is 1. The summed E-state index contributed by atoms with van der Waals surface area (Å²) in [5, 5.41) is 8.43. The van der Waals surface area contributed by atoms with Gasteiger partial charge < -0.3 is 10.5 Å². The summed E-state index contributed by atoms with van der Waals surface area (Å²) in [5.41, 5.74) is 4.50. The van der Waals surface area contributed by atoms with Gasteiger partial charge in [-0.25, -0.2) is 4.39 Å². The first-order chi connectivity index (χ1) is 7.84. The number of nitrogens with zero attached hydrogens (tertiary/aromatic N) is 2. The second kappa shape index (κ2) is 3.10. The zero-order valence-corrected chi connectivity index (χ0v) is 10.8. The fourth-order valence-corrected chi connectivity index (χ4v) is 3.74. The maximum Gasteiger partial charge on any atom is 0.295 e. The van der Waals surface area contributed by atoms with E-state index in [-0.39, 0.29) is 10.8 Å². The third-order valence-corrected chi connectivity index (χ3v) is 4.99. The molecule has 0 spiro atoms. The molecule has 4 nitrogen and oxygen atoms in total. The molecular weight excluding hydrogens is 241 g/mol. The Morgan fingerprint density at radius 3 is 2.53 bits per heavy atom. The fourth-order valence-electron chi connectivity index (χ4n) is 3.28. The van der Waals surface area contributed by atoms with Crippen molar-refractivity contribution in [3.05, 3.63) is 0 Å². The highest BCUT2D eigenvalue weighted by Gasteiger charge is 2.73. The molecule has 3 aliphatic carbocycles. The average molecular weight is 257 g/mol. The summed E-state index contributed by atoms with van der Waals surface area (Å²) < 4.78 is 19.5. The third kappa shape index (κ3) is 1.53. The van der Waals surface area contributed by atoms with Crippen molar-refractivity contribution in [2.45, 2.75) is 38.8 Å². The first-order valence-electron chi connectivity index (χ1n) is 5.75. The van der Waals surface area contributed by atoms with Crippen LogP contribution in [0, 0.1) is 10.8 Å². The van der Waals surface area contributed by atoms with Crippen LogP contribution in [0.1, 0.15) is 33.1 Å². The molecule has 0 aliphatic heterocycles. The molecule has 3 aliphatic rings. The van der Waals surface area contributed by atoms with Gasteiger partial charge in [0, 0.05) is 10.8 Å². The third-order valence-electron chi connectivity index (χ3n) is 4.33. The zero-order valence-electron chi connectivity index (χ0n) is 9.99. The van der Waals surface area contributed by atoms with E-state index < -0.39 is 5.67 Å². The van der Waals surface area contributed by atoms with E-state index in [1.807, 2.05) is 0 Å². The van der Waals surface area contributed by atoms with Crippen LogP contribution in [0.5, 0.6) is 5.19 Å². The van der Waals surface area contributed by atoms with E-state index in [1.54, 1.807) is 13.8 Å². The van der Waals surface area contributed by atoms with Crippen LogP contribution in [0.2, 0.25) is 0 Å². The van der Waals surface area contributed by atoms with Crippen LogP contribution >= 0.6 is 11.3 Å². The van der Waals surface area contributed by atoms with Crippen LogP contribution in [0.4, 0.5) is 9.52 Å². The number of nitrogens with two attached hydrogens (primary N) is 1. The molecule has 0 radical (unpaired) electrons. The summed E-state index contributed by atoms with van der Waals surface area (Å²) in [7, 11) is 0. The lowest BCUT2D eigenvalue weighted by Gasteiger charge is -2.73. The van der Waals surface area contributed by atoms with E-state index in [0.29, 0.717) is 16.9 Å². The number of ether oxygens (including phenoxy) is 1. The van der Waals surface area contributed by atoms with Gasteiger partial charge in [0.15, 0.2) is 0 Å². The maximum absolute atomic E-state index is 13.9. The Bertz CT molecular complexity index is 434. The predicted octanol–water partition coefficient (Wildman–Crippen LogP) is 2.42. The Morgan fingerprint density at radius 1 is 1.41 bits per heavy atom. The van der Waals surface area contributed by atoms with Crippen molar-refractivity contribution in [1.82, 2.24) is 10.2 Å². The molecule has 0 saturated heterocycles. The van der Waals surface area contributed by atoms with E-state index in [2.05, 4.69) is 10.2 Å². The topological polar surface area (TPSA) is 61.0 Å². The summed E-state index contributed by atoms with van der Waals surface area (Å²) in [6, 6.07) is 0. The Hall–Kier alpha value is -0.910. The molecule has 0 amide bonds. The molecular formula is C11H16FN3OS. The van der Waals surface area contributed by atoms with Crippen LogP contribution in [-0.2, 0) is 0 Å². The van der Waals surface area contributed by atoms with Crippen LogP contribution in [0.15, 0.2) is 0 Å². The molecule has 94 valence electrons. The van der Waals surface area contributed by atoms with E-state index in [9.17, 15) is 4.39 Å². The zero-order chi connectivity index (χ0) is 12.3. The fraction of sp³-hybridized carbons (Fsp3) is 0.818. The Balaban J connectivity index is 1.54. The molecule has 0 aromatic carbocycles. The molecule has 0 unspecified atom stereocenters. The molecule has 1 heterocycles. The number of anilines is 1. The van der Waals surface area contributed by atoms with E-state index in [1.165, 1.54) is 11.3 Å². The summed E-state index contributed by atoms with van der Waals surface area (Å²) >= 11 is 1.24. The number of hydrogen-bond acceptors (Lipinski definition) is 5. The lowest BCUT2D eigenvalue weighted by Crippen LogP contribution is -2.70. The van der Waals surface area contributed by atoms with Crippen molar-refractivity contribution in [2.24, 2.45) is 10.8 Å². The maximum atomic E-state index is 13.9. The molecule has 1 aromatic heterocycles. The molecule has 3 fully saturated rings. The van der Waals surface area contributed by atoms with E-state index >= 15 is 0 Å². The highest BCUT2D eigenvalue weighted by atomic mass is 32.1. The molecule has 3 saturated carbocycles. The molecule has 2 bridgehead atoms. The van der Waals surface area contributed by atoms with Crippen LogP contribution in [-0.4, -0.2) is 22.5 Å². The van der Waals surface area contributed by atoms with Crippen LogP contribution < -0.4 is 10.5 Å². The van der Waals surface area contributed by atoms with Gasteiger partial charge in [-0.1, -0.05) is 5.10 Å². The molecule has 6 heteroatoms. The largest absolute Gasteiger partial charge is 0.468 e. The van der Waals surface area contributed by atoms with Crippen molar-refractivity contribution in [2.75, 3.05) is 12.3 Å². The van der Waals surface area contributed by atoms with Crippen LogP contribution in [0.25, 0.3) is 0 Å². The van der Waals surface area contributed by atoms with Gasteiger partial charge in [0.1, 0.15) is 5.67 Å². The monoisotopic (exact) mass is 257 g/mol. The summed E-state index contributed by atoms with van der Waals surface area (Å²) in [6.45, 7) is 3.98. The van der Waals surface area contributed by atoms with Gasteiger partial charge in [-0.3, -0.25) is 0 Å². The number of rotatable bonds is 4. The van der Waals surface area contributed by atoms with Gasteiger partial charge in [0.2, 0.25) is 5.13 Å². The first-order valence-corrected chi connectivity index (χ1v) is 6.57. The number of halogens is 1. The Kier molecular flexibility index (Phi) is 2.04. The number of aromatic nitrogens is 2.